The molecule has 1 fully saturated rings. The van der Waals surface area contributed by atoms with Gasteiger partial charge in [0.1, 0.15) is 5.75 Å². The number of carbonyl (C=O) groups is 1. The third-order valence-corrected chi connectivity index (χ3v) is 2.55. The van der Waals surface area contributed by atoms with Crippen LogP contribution in [0.5, 0.6) is 5.75 Å². The molecular formula is C10H10N2O3. The number of benzene rings is 1. The van der Waals surface area contributed by atoms with Crippen LogP contribution in [0, 0.1) is 0 Å². The summed E-state index contributed by atoms with van der Waals surface area (Å²) in [5.74, 6) is 0.409. The van der Waals surface area contributed by atoms with Crippen molar-refractivity contribution in [2.24, 2.45) is 0 Å². The van der Waals surface area contributed by atoms with Gasteiger partial charge in [-0.1, -0.05) is 0 Å². The molecule has 1 amide bonds. The summed E-state index contributed by atoms with van der Waals surface area (Å²) in [4.78, 5) is 17.1. The van der Waals surface area contributed by atoms with Crippen LogP contribution in [-0.4, -0.2) is 23.8 Å². The maximum Gasteiger partial charge on any atom is 0.284 e. The molecular weight excluding hydrogens is 196 g/mol. The van der Waals surface area contributed by atoms with Crippen molar-refractivity contribution < 1.29 is 14.4 Å². The van der Waals surface area contributed by atoms with E-state index in [1.54, 1.807) is 18.2 Å². The van der Waals surface area contributed by atoms with Crippen molar-refractivity contribution >= 4 is 11.6 Å². The number of nitrogen functional groups attached to an aromatic ring is 1. The predicted molar refractivity (Wildman–Crippen MR) is 52.0 cm³/mol. The lowest BCUT2D eigenvalue weighted by atomic mass is 10.1. The quantitative estimate of drug-likeness (QED) is 0.636. The Hall–Kier alpha value is -1.75. The number of amides is 1. The van der Waals surface area contributed by atoms with Crippen LogP contribution in [0.2, 0.25) is 0 Å². The lowest BCUT2D eigenvalue weighted by Gasteiger charge is -2.29. The first-order valence-corrected chi connectivity index (χ1v) is 4.78. The number of anilines is 1. The van der Waals surface area contributed by atoms with Gasteiger partial charge in [-0.2, -0.15) is 5.06 Å². The highest BCUT2D eigenvalue weighted by Gasteiger charge is 2.38. The molecule has 1 atom stereocenters. The van der Waals surface area contributed by atoms with E-state index >= 15 is 0 Å². The molecule has 1 unspecified atom stereocenters. The lowest BCUT2D eigenvalue weighted by molar-refractivity contribution is -0.140. The van der Waals surface area contributed by atoms with Gasteiger partial charge >= 0.3 is 0 Å². The van der Waals surface area contributed by atoms with E-state index in [1.807, 2.05) is 0 Å². The molecule has 1 aromatic rings. The van der Waals surface area contributed by atoms with E-state index in [0.717, 1.165) is 0 Å². The Balaban J connectivity index is 2.09. The van der Waals surface area contributed by atoms with E-state index < -0.39 is 0 Å². The average Bonchev–Trinajstić information content (AvgIpc) is 2.68. The van der Waals surface area contributed by atoms with Gasteiger partial charge in [0.05, 0.1) is 12.2 Å². The van der Waals surface area contributed by atoms with Gasteiger partial charge in [0.15, 0.2) is 0 Å². The van der Waals surface area contributed by atoms with Crippen molar-refractivity contribution in [1.82, 2.24) is 5.06 Å². The molecule has 0 bridgehead atoms. The standard InChI is InChI=1S/C10H10N2O3/c11-6-1-2-8-7(5-6)10(13)12-9(15-8)3-4-14-12/h1-2,5,9H,3-4,11H2. The fourth-order valence-electron chi connectivity index (χ4n) is 1.83. The third-order valence-electron chi connectivity index (χ3n) is 2.55. The largest absolute Gasteiger partial charge is 0.467 e. The summed E-state index contributed by atoms with van der Waals surface area (Å²) in [6, 6.07) is 5.05. The molecule has 2 aliphatic rings. The zero-order chi connectivity index (χ0) is 10.4. The molecule has 78 valence electrons. The van der Waals surface area contributed by atoms with Crippen molar-refractivity contribution in [2.75, 3.05) is 12.3 Å². The maximum absolute atomic E-state index is 11.9. The smallest absolute Gasteiger partial charge is 0.284 e. The van der Waals surface area contributed by atoms with Gasteiger partial charge < -0.3 is 10.5 Å². The summed E-state index contributed by atoms with van der Waals surface area (Å²) in [6.07, 6.45) is 0.420. The van der Waals surface area contributed by atoms with Crippen LogP contribution in [0.25, 0.3) is 0 Å². The molecule has 1 saturated heterocycles. The van der Waals surface area contributed by atoms with E-state index in [4.69, 9.17) is 15.3 Å². The van der Waals surface area contributed by atoms with E-state index in [2.05, 4.69) is 0 Å². The Morgan fingerprint density at radius 2 is 2.33 bits per heavy atom. The van der Waals surface area contributed by atoms with Gasteiger partial charge in [0.2, 0.25) is 6.23 Å². The molecule has 0 aromatic heterocycles. The number of rotatable bonds is 0. The van der Waals surface area contributed by atoms with Gasteiger partial charge in [0, 0.05) is 12.1 Å². The number of ether oxygens (including phenoxy) is 1. The SMILES string of the molecule is Nc1ccc2c(c1)C(=O)N1OCCC1O2. The number of nitrogens with zero attached hydrogens (tertiary/aromatic N) is 1. The minimum Gasteiger partial charge on any atom is -0.467 e. The normalized spacial score (nSPS) is 23.3. The summed E-state index contributed by atoms with van der Waals surface area (Å²) >= 11 is 0. The highest BCUT2D eigenvalue weighted by Crippen LogP contribution is 2.32. The molecule has 0 aliphatic carbocycles. The number of hydrogen-bond donors (Lipinski definition) is 1. The molecule has 3 rings (SSSR count). The number of nitrogens with two attached hydrogens (primary N) is 1. The summed E-state index contributed by atoms with van der Waals surface area (Å²) in [5.41, 5.74) is 6.62. The van der Waals surface area contributed by atoms with Gasteiger partial charge in [0.25, 0.3) is 5.91 Å². The summed E-state index contributed by atoms with van der Waals surface area (Å²) in [7, 11) is 0. The molecule has 2 heterocycles. The second-order valence-electron chi connectivity index (χ2n) is 3.58. The first-order chi connectivity index (χ1) is 7.25. The van der Waals surface area contributed by atoms with Crippen molar-refractivity contribution in [1.29, 1.82) is 0 Å². The molecule has 2 aliphatic heterocycles. The number of carbonyl (C=O) groups excluding carboxylic acids is 1. The topological polar surface area (TPSA) is 64.8 Å². The van der Waals surface area contributed by atoms with E-state index in [-0.39, 0.29) is 12.1 Å². The minimum atomic E-state index is -0.284. The van der Waals surface area contributed by atoms with Crippen LogP contribution < -0.4 is 10.5 Å². The molecule has 0 saturated carbocycles. The Bertz CT molecular complexity index is 433. The number of hydroxylamine groups is 2. The monoisotopic (exact) mass is 206 g/mol. The maximum atomic E-state index is 11.9. The lowest BCUT2D eigenvalue weighted by Crippen LogP contribution is -2.42. The van der Waals surface area contributed by atoms with Crippen LogP contribution in [-0.2, 0) is 4.84 Å². The second-order valence-corrected chi connectivity index (χ2v) is 3.58. The van der Waals surface area contributed by atoms with Crippen LogP contribution in [0.3, 0.4) is 0 Å². The fourth-order valence-corrected chi connectivity index (χ4v) is 1.83. The first kappa shape index (κ1) is 8.55. The van der Waals surface area contributed by atoms with Crippen molar-refractivity contribution in [3.63, 3.8) is 0 Å². The van der Waals surface area contributed by atoms with Gasteiger partial charge in [-0.15, -0.1) is 0 Å². The Labute approximate surface area is 86.3 Å². The molecule has 2 N–H and O–H groups in total. The molecule has 5 nitrogen and oxygen atoms in total. The zero-order valence-corrected chi connectivity index (χ0v) is 7.97. The van der Waals surface area contributed by atoms with E-state index in [9.17, 15) is 4.79 Å². The summed E-state index contributed by atoms with van der Waals surface area (Å²) in [6.45, 7) is 0.514. The zero-order valence-electron chi connectivity index (χ0n) is 7.97. The fraction of sp³-hybridized carbons (Fsp3) is 0.300. The predicted octanol–water partition coefficient (Wildman–Crippen LogP) is 0.765. The first-order valence-electron chi connectivity index (χ1n) is 4.78. The van der Waals surface area contributed by atoms with Crippen LogP contribution >= 0.6 is 0 Å². The average molecular weight is 206 g/mol. The molecule has 5 heteroatoms. The Morgan fingerprint density at radius 3 is 3.20 bits per heavy atom. The summed E-state index contributed by atoms with van der Waals surface area (Å²) in [5, 5.41) is 1.28. The van der Waals surface area contributed by atoms with Crippen molar-refractivity contribution in [2.45, 2.75) is 12.6 Å². The molecule has 1 aromatic carbocycles. The van der Waals surface area contributed by atoms with Gasteiger partial charge in [-0.3, -0.25) is 9.63 Å². The molecule has 0 spiro atoms. The highest BCUT2D eigenvalue weighted by atomic mass is 16.7. The van der Waals surface area contributed by atoms with E-state index in [1.165, 1.54) is 5.06 Å². The van der Waals surface area contributed by atoms with Crippen LogP contribution in [0.15, 0.2) is 18.2 Å². The Morgan fingerprint density at radius 1 is 1.47 bits per heavy atom. The van der Waals surface area contributed by atoms with Crippen molar-refractivity contribution in [3.05, 3.63) is 23.8 Å². The van der Waals surface area contributed by atoms with Gasteiger partial charge in [-0.05, 0) is 18.2 Å². The Kier molecular flexibility index (Phi) is 1.63. The second kappa shape index (κ2) is 2.87. The van der Waals surface area contributed by atoms with E-state index in [0.29, 0.717) is 30.0 Å². The van der Waals surface area contributed by atoms with Crippen LogP contribution in [0.1, 0.15) is 16.8 Å². The third kappa shape index (κ3) is 1.16. The number of hydrogen-bond acceptors (Lipinski definition) is 4. The van der Waals surface area contributed by atoms with Crippen LogP contribution in [0.4, 0.5) is 5.69 Å². The van der Waals surface area contributed by atoms with Crippen molar-refractivity contribution in [3.8, 4) is 5.75 Å². The summed E-state index contributed by atoms with van der Waals surface area (Å²) < 4.78 is 5.61. The molecule has 0 radical (unpaired) electrons. The minimum absolute atomic E-state index is 0.175. The molecule has 15 heavy (non-hydrogen) atoms. The highest BCUT2D eigenvalue weighted by molar-refractivity contribution is 5.98. The van der Waals surface area contributed by atoms with Gasteiger partial charge in [-0.25, -0.2) is 0 Å². The number of fused-ring (bicyclic) bond motifs is 2.